The fourth-order valence-electron chi connectivity index (χ4n) is 3.19. The Morgan fingerprint density at radius 1 is 1.11 bits per heavy atom. The van der Waals surface area contributed by atoms with Crippen LogP contribution in [0.5, 0.6) is 0 Å². The summed E-state index contributed by atoms with van der Waals surface area (Å²) < 4.78 is 0. The molecule has 0 heterocycles. The number of hydrogen-bond acceptors (Lipinski definition) is 1. The molecule has 1 aromatic carbocycles. The molecule has 0 amide bonds. The maximum atomic E-state index is 6.41. The molecule has 1 aliphatic rings. The molecule has 0 bridgehead atoms. The first-order valence-corrected chi connectivity index (χ1v) is 7.50. The van der Waals surface area contributed by atoms with Crippen molar-refractivity contribution in [3.05, 3.63) is 35.4 Å². The standard InChI is InChI=1S/C17H27N/c1-3-14-8-10-16(11-9-14)17(18)12-15-6-4-13(2)5-7-15/h4-7,14,16-17H,3,8-12,18H2,1-2H3. The van der Waals surface area contributed by atoms with Gasteiger partial charge >= 0.3 is 0 Å². The third-order valence-corrected chi connectivity index (χ3v) is 4.67. The van der Waals surface area contributed by atoms with E-state index < -0.39 is 0 Å². The van der Waals surface area contributed by atoms with Crippen molar-refractivity contribution in [2.24, 2.45) is 17.6 Å². The molecule has 1 fully saturated rings. The van der Waals surface area contributed by atoms with Crippen LogP contribution in [-0.4, -0.2) is 6.04 Å². The highest BCUT2D eigenvalue weighted by Gasteiger charge is 2.24. The van der Waals surface area contributed by atoms with E-state index in [1.807, 2.05) is 0 Å². The summed E-state index contributed by atoms with van der Waals surface area (Å²) in [4.78, 5) is 0. The minimum atomic E-state index is 0.352. The quantitative estimate of drug-likeness (QED) is 0.850. The second kappa shape index (κ2) is 6.38. The fourth-order valence-corrected chi connectivity index (χ4v) is 3.19. The Kier molecular flexibility index (Phi) is 4.82. The summed E-state index contributed by atoms with van der Waals surface area (Å²) in [5, 5.41) is 0. The van der Waals surface area contributed by atoms with E-state index in [1.54, 1.807) is 0 Å². The Morgan fingerprint density at radius 2 is 1.72 bits per heavy atom. The summed E-state index contributed by atoms with van der Waals surface area (Å²) in [5.41, 5.74) is 9.13. The Balaban J connectivity index is 1.85. The zero-order chi connectivity index (χ0) is 13.0. The van der Waals surface area contributed by atoms with Gasteiger partial charge in [0.2, 0.25) is 0 Å². The topological polar surface area (TPSA) is 26.0 Å². The van der Waals surface area contributed by atoms with Gasteiger partial charge in [-0.3, -0.25) is 0 Å². The van der Waals surface area contributed by atoms with E-state index in [1.165, 1.54) is 43.2 Å². The van der Waals surface area contributed by atoms with Crippen LogP contribution in [-0.2, 0) is 6.42 Å². The summed E-state index contributed by atoms with van der Waals surface area (Å²) in [6, 6.07) is 9.19. The van der Waals surface area contributed by atoms with Crippen molar-refractivity contribution in [3.63, 3.8) is 0 Å². The van der Waals surface area contributed by atoms with Gasteiger partial charge in [0.1, 0.15) is 0 Å². The molecule has 1 atom stereocenters. The third kappa shape index (κ3) is 3.58. The predicted octanol–water partition coefficient (Wildman–Crippen LogP) is 4.08. The van der Waals surface area contributed by atoms with Crippen LogP contribution in [0.3, 0.4) is 0 Å². The molecule has 0 spiro atoms. The van der Waals surface area contributed by atoms with Gasteiger partial charge in [0.05, 0.1) is 0 Å². The van der Waals surface area contributed by atoms with Gasteiger partial charge in [-0.1, -0.05) is 56.0 Å². The van der Waals surface area contributed by atoms with Crippen LogP contribution in [0.15, 0.2) is 24.3 Å². The van der Waals surface area contributed by atoms with E-state index in [4.69, 9.17) is 5.73 Å². The molecule has 1 unspecified atom stereocenters. The second-order valence-corrected chi connectivity index (χ2v) is 6.04. The molecule has 18 heavy (non-hydrogen) atoms. The normalized spacial score (nSPS) is 25.9. The van der Waals surface area contributed by atoms with Crippen LogP contribution in [0.2, 0.25) is 0 Å². The second-order valence-electron chi connectivity index (χ2n) is 6.04. The van der Waals surface area contributed by atoms with Gasteiger partial charge in [-0.2, -0.15) is 0 Å². The average Bonchev–Trinajstić information content (AvgIpc) is 2.41. The maximum Gasteiger partial charge on any atom is 0.0108 e. The van der Waals surface area contributed by atoms with Crippen LogP contribution in [0, 0.1) is 18.8 Å². The van der Waals surface area contributed by atoms with Crippen molar-refractivity contribution >= 4 is 0 Å². The van der Waals surface area contributed by atoms with Crippen LogP contribution >= 0.6 is 0 Å². The van der Waals surface area contributed by atoms with Gasteiger partial charge in [-0.25, -0.2) is 0 Å². The van der Waals surface area contributed by atoms with E-state index in [-0.39, 0.29) is 0 Å². The molecule has 0 aromatic heterocycles. The van der Waals surface area contributed by atoms with Gasteiger partial charge in [-0.05, 0) is 43.6 Å². The van der Waals surface area contributed by atoms with Gasteiger partial charge in [0, 0.05) is 6.04 Å². The molecule has 1 heteroatoms. The highest BCUT2D eigenvalue weighted by atomic mass is 14.6. The maximum absolute atomic E-state index is 6.41. The van der Waals surface area contributed by atoms with Gasteiger partial charge < -0.3 is 5.73 Å². The van der Waals surface area contributed by atoms with E-state index >= 15 is 0 Å². The molecular weight excluding hydrogens is 218 g/mol. The molecule has 2 N–H and O–H groups in total. The first kappa shape index (κ1) is 13.6. The Morgan fingerprint density at radius 3 is 2.28 bits per heavy atom. The SMILES string of the molecule is CCC1CCC(C(N)Cc2ccc(C)cc2)CC1. The summed E-state index contributed by atoms with van der Waals surface area (Å²) in [5.74, 6) is 1.71. The lowest BCUT2D eigenvalue weighted by molar-refractivity contribution is 0.238. The van der Waals surface area contributed by atoms with Gasteiger partial charge in [0.25, 0.3) is 0 Å². The van der Waals surface area contributed by atoms with E-state index in [0.29, 0.717) is 6.04 Å². The van der Waals surface area contributed by atoms with Crippen LogP contribution < -0.4 is 5.73 Å². The number of rotatable bonds is 4. The molecule has 0 radical (unpaired) electrons. The lowest BCUT2D eigenvalue weighted by Gasteiger charge is -2.31. The zero-order valence-corrected chi connectivity index (χ0v) is 11.9. The summed E-state index contributed by atoms with van der Waals surface area (Å²) in [7, 11) is 0. The summed E-state index contributed by atoms with van der Waals surface area (Å²) in [6.45, 7) is 4.45. The highest BCUT2D eigenvalue weighted by Crippen LogP contribution is 2.32. The van der Waals surface area contributed by atoms with E-state index in [0.717, 1.165) is 18.3 Å². The van der Waals surface area contributed by atoms with Crippen molar-refractivity contribution in [3.8, 4) is 0 Å². The minimum Gasteiger partial charge on any atom is -0.327 e. The molecule has 1 saturated carbocycles. The van der Waals surface area contributed by atoms with Gasteiger partial charge in [0.15, 0.2) is 0 Å². The average molecular weight is 245 g/mol. The molecular formula is C17H27N. The molecule has 1 aromatic rings. The largest absolute Gasteiger partial charge is 0.327 e. The first-order chi connectivity index (χ1) is 8.69. The molecule has 0 aliphatic heterocycles. The zero-order valence-electron chi connectivity index (χ0n) is 11.9. The summed E-state index contributed by atoms with van der Waals surface area (Å²) in [6.07, 6.45) is 7.85. The highest BCUT2D eigenvalue weighted by molar-refractivity contribution is 5.22. The molecule has 1 aliphatic carbocycles. The van der Waals surface area contributed by atoms with Crippen molar-refractivity contribution in [2.45, 2.75) is 58.4 Å². The smallest absolute Gasteiger partial charge is 0.0108 e. The molecule has 0 saturated heterocycles. The molecule has 1 nitrogen and oxygen atoms in total. The van der Waals surface area contributed by atoms with Crippen LogP contribution in [0.1, 0.15) is 50.2 Å². The third-order valence-electron chi connectivity index (χ3n) is 4.67. The Labute approximate surface area is 112 Å². The lowest BCUT2D eigenvalue weighted by atomic mass is 9.76. The Bertz CT molecular complexity index is 346. The molecule has 100 valence electrons. The molecule has 2 rings (SSSR count). The van der Waals surface area contributed by atoms with Crippen molar-refractivity contribution < 1.29 is 0 Å². The number of aryl methyl sites for hydroxylation is 1. The van der Waals surface area contributed by atoms with Crippen molar-refractivity contribution in [1.82, 2.24) is 0 Å². The number of nitrogens with two attached hydrogens (primary N) is 1. The Hall–Kier alpha value is -0.820. The number of benzene rings is 1. The number of hydrogen-bond donors (Lipinski definition) is 1. The van der Waals surface area contributed by atoms with E-state index in [9.17, 15) is 0 Å². The monoisotopic (exact) mass is 245 g/mol. The van der Waals surface area contributed by atoms with Gasteiger partial charge in [-0.15, -0.1) is 0 Å². The fraction of sp³-hybridized carbons (Fsp3) is 0.647. The first-order valence-electron chi connectivity index (χ1n) is 7.50. The predicted molar refractivity (Wildman–Crippen MR) is 78.6 cm³/mol. The lowest BCUT2D eigenvalue weighted by Crippen LogP contribution is -2.34. The minimum absolute atomic E-state index is 0.352. The van der Waals surface area contributed by atoms with Crippen LogP contribution in [0.4, 0.5) is 0 Å². The summed E-state index contributed by atoms with van der Waals surface area (Å²) >= 11 is 0. The van der Waals surface area contributed by atoms with Crippen molar-refractivity contribution in [2.75, 3.05) is 0 Å². The van der Waals surface area contributed by atoms with Crippen LogP contribution in [0.25, 0.3) is 0 Å². The van der Waals surface area contributed by atoms with Crippen molar-refractivity contribution in [1.29, 1.82) is 0 Å². The van der Waals surface area contributed by atoms with E-state index in [2.05, 4.69) is 38.1 Å².